The van der Waals surface area contributed by atoms with E-state index in [9.17, 15) is 4.79 Å². The third-order valence-electron chi connectivity index (χ3n) is 1.68. The molecule has 62 valence electrons. The van der Waals surface area contributed by atoms with Crippen molar-refractivity contribution in [3.8, 4) is 0 Å². The lowest BCUT2D eigenvalue weighted by Crippen LogP contribution is -1.84. The first-order valence-electron chi connectivity index (χ1n) is 3.78. The first kappa shape index (κ1) is 9.05. The van der Waals surface area contributed by atoms with E-state index < -0.39 is 0 Å². The van der Waals surface area contributed by atoms with Gasteiger partial charge in [-0.3, -0.25) is 0 Å². The van der Waals surface area contributed by atoms with Gasteiger partial charge in [-0.05, 0) is 12.5 Å². The van der Waals surface area contributed by atoms with Crippen LogP contribution in [0.1, 0.15) is 18.9 Å². The summed E-state index contributed by atoms with van der Waals surface area (Å²) in [6.45, 7) is 1.91. The molecule has 12 heavy (non-hydrogen) atoms. The Morgan fingerprint density at radius 3 is 2.67 bits per heavy atom. The van der Waals surface area contributed by atoms with E-state index in [0.717, 1.165) is 5.56 Å². The summed E-state index contributed by atoms with van der Waals surface area (Å²) in [5.41, 5.74) is 1.41. The van der Waals surface area contributed by atoms with Crippen molar-refractivity contribution in [2.75, 3.05) is 0 Å². The largest absolute Gasteiger partial charge is 0.233 e. The number of benzene rings is 1. The quantitative estimate of drug-likeness (QED) is 0.640. The number of rotatable bonds is 2. The summed E-state index contributed by atoms with van der Waals surface area (Å²) in [7, 11) is 0. The maximum Gasteiger partial charge on any atom is 0.128 e. The predicted octanol–water partition coefficient (Wildman–Crippen LogP) is 2.97. The Hall–Kier alpha value is -1.04. The molecule has 0 N–H and O–H groups in total. The summed E-state index contributed by atoms with van der Waals surface area (Å²) in [4.78, 5) is 10.5. The molecule has 0 bridgehead atoms. The highest BCUT2D eigenvalue weighted by molar-refractivity contribution is 6.32. The number of carbonyl (C=O) groups excluding carboxylic acids is 1. The Balaban J connectivity index is 3.18. The van der Waals surface area contributed by atoms with Crippen LogP contribution in [0, 0.1) is 0 Å². The second kappa shape index (κ2) is 4.10. The van der Waals surface area contributed by atoms with Gasteiger partial charge >= 0.3 is 0 Å². The summed E-state index contributed by atoms with van der Waals surface area (Å²) in [6.07, 6.45) is 0.660. The van der Waals surface area contributed by atoms with E-state index in [0.29, 0.717) is 17.0 Å². The lowest BCUT2D eigenvalue weighted by atomic mass is 10.1. The molecule has 1 rings (SSSR count). The van der Waals surface area contributed by atoms with E-state index in [1.807, 2.05) is 31.1 Å². The van der Waals surface area contributed by atoms with Crippen LogP contribution in [-0.2, 0) is 4.79 Å². The van der Waals surface area contributed by atoms with E-state index in [2.05, 4.69) is 0 Å². The van der Waals surface area contributed by atoms with Gasteiger partial charge in [0.15, 0.2) is 0 Å². The summed E-state index contributed by atoms with van der Waals surface area (Å²) < 4.78 is 0. The van der Waals surface area contributed by atoms with Crippen LogP contribution in [0.5, 0.6) is 0 Å². The summed E-state index contributed by atoms with van der Waals surface area (Å²) in [5, 5.41) is 0.609. The zero-order valence-electron chi connectivity index (χ0n) is 6.80. The topological polar surface area (TPSA) is 17.1 Å². The van der Waals surface area contributed by atoms with Crippen molar-refractivity contribution < 1.29 is 4.79 Å². The van der Waals surface area contributed by atoms with Crippen LogP contribution in [0.2, 0.25) is 5.02 Å². The molecule has 0 atom stereocenters. The molecular weight excluding hydrogens is 172 g/mol. The second-order valence-corrected chi connectivity index (χ2v) is 2.82. The fourth-order valence-electron chi connectivity index (χ4n) is 1.02. The summed E-state index contributed by atoms with van der Waals surface area (Å²) in [6, 6.07) is 7.29. The van der Waals surface area contributed by atoms with E-state index in [-0.39, 0.29) is 0 Å². The van der Waals surface area contributed by atoms with E-state index in [1.54, 1.807) is 6.07 Å². The average molecular weight is 181 g/mol. The number of hydrogen-bond donors (Lipinski definition) is 0. The van der Waals surface area contributed by atoms with E-state index in [1.165, 1.54) is 0 Å². The molecule has 0 radical (unpaired) electrons. The first-order valence-corrected chi connectivity index (χ1v) is 4.16. The monoisotopic (exact) mass is 180 g/mol. The Morgan fingerprint density at radius 2 is 2.17 bits per heavy atom. The summed E-state index contributed by atoms with van der Waals surface area (Å²) in [5.74, 6) is 1.89. The van der Waals surface area contributed by atoms with Crippen molar-refractivity contribution in [1.29, 1.82) is 0 Å². The minimum Gasteiger partial charge on any atom is -0.233 e. The molecule has 0 saturated carbocycles. The molecule has 1 aromatic carbocycles. The van der Waals surface area contributed by atoms with Crippen LogP contribution in [0.4, 0.5) is 0 Å². The highest BCUT2D eigenvalue weighted by Crippen LogP contribution is 2.23. The molecule has 0 fully saturated rings. The Bertz CT molecular complexity index is 324. The van der Waals surface area contributed by atoms with Crippen LogP contribution in [-0.4, -0.2) is 5.94 Å². The van der Waals surface area contributed by atoms with Crippen molar-refractivity contribution in [1.82, 2.24) is 0 Å². The van der Waals surface area contributed by atoms with Gasteiger partial charge in [0.2, 0.25) is 0 Å². The summed E-state index contributed by atoms with van der Waals surface area (Å²) >= 11 is 5.88. The highest BCUT2D eigenvalue weighted by Gasteiger charge is 2.03. The van der Waals surface area contributed by atoms with Crippen molar-refractivity contribution in [2.45, 2.75) is 13.3 Å². The van der Waals surface area contributed by atoms with Crippen LogP contribution in [0.3, 0.4) is 0 Å². The molecule has 0 heterocycles. The lowest BCUT2D eigenvalue weighted by molar-refractivity contribution is 0.569. The molecule has 1 aromatic rings. The van der Waals surface area contributed by atoms with Gasteiger partial charge in [-0.2, -0.15) is 0 Å². The van der Waals surface area contributed by atoms with Gasteiger partial charge in [0.05, 0.1) is 0 Å². The van der Waals surface area contributed by atoms with E-state index >= 15 is 0 Å². The number of hydrogen-bond acceptors (Lipinski definition) is 1. The normalized spacial score (nSPS) is 9.17. The van der Waals surface area contributed by atoms with Crippen molar-refractivity contribution in [2.24, 2.45) is 0 Å². The van der Waals surface area contributed by atoms with Crippen LogP contribution in [0.15, 0.2) is 24.3 Å². The van der Waals surface area contributed by atoms with Crippen molar-refractivity contribution >= 4 is 23.1 Å². The van der Waals surface area contributed by atoms with Crippen molar-refractivity contribution in [3.63, 3.8) is 0 Å². The van der Waals surface area contributed by atoms with Gasteiger partial charge in [-0.25, -0.2) is 4.79 Å². The Kier molecular flexibility index (Phi) is 3.09. The zero-order chi connectivity index (χ0) is 8.97. The van der Waals surface area contributed by atoms with Gasteiger partial charge < -0.3 is 0 Å². The van der Waals surface area contributed by atoms with Gasteiger partial charge in [-0.15, -0.1) is 0 Å². The fraction of sp³-hybridized carbons (Fsp3) is 0.200. The third kappa shape index (κ3) is 1.76. The third-order valence-corrected chi connectivity index (χ3v) is 2.01. The minimum atomic E-state index is 0.609. The Morgan fingerprint density at radius 1 is 1.50 bits per heavy atom. The zero-order valence-corrected chi connectivity index (χ0v) is 7.56. The fourth-order valence-corrected chi connectivity index (χ4v) is 1.27. The van der Waals surface area contributed by atoms with E-state index in [4.69, 9.17) is 11.6 Å². The van der Waals surface area contributed by atoms with Gasteiger partial charge in [0.25, 0.3) is 0 Å². The number of halogens is 1. The van der Waals surface area contributed by atoms with Crippen LogP contribution in [0.25, 0.3) is 5.57 Å². The van der Waals surface area contributed by atoms with Crippen LogP contribution >= 0.6 is 11.6 Å². The Labute approximate surface area is 76.7 Å². The maximum atomic E-state index is 10.5. The molecule has 0 saturated heterocycles. The smallest absolute Gasteiger partial charge is 0.128 e. The molecule has 0 aliphatic heterocycles. The molecule has 0 amide bonds. The molecule has 0 aliphatic carbocycles. The first-order chi connectivity index (χ1) is 5.79. The SMILES string of the molecule is CCC(=C=O)c1ccccc1Cl. The van der Waals surface area contributed by atoms with Crippen molar-refractivity contribution in [3.05, 3.63) is 34.9 Å². The molecule has 0 unspecified atom stereocenters. The second-order valence-electron chi connectivity index (χ2n) is 2.41. The van der Waals surface area contributed by atoms with Gasteiger partial charge in [0, 0.05) is 16.2 Å². The molecule has 0 spiro atoms. The van der Waals surface area contributed by atoms with Crippen LogP contribution < -0.4 is 0 Å². The van der Waals surface area contributed by atoms with Gasteiger partial charge in [0.1, 0.15) is 5.94 Å². The molecule has 0 aromatic heterocycles. The number of allylic oxidation sites excluding steroid dienone is 1. The lowest BCUT2D eigenvalue weighted by Gasteiger charge is -2.01. The predicted molar refractivity (Wildman–Crippen MR) is 50.8 cm³/mol. The molecular formula is C10H9ClO. The molecule has 2 heteroatoms. The van der Waals surface area contributed by atoms with Gasteiger partial charge in [-0.1, -0.05) is 36.7 Å². The minimum absolute atomic E-state index is 0.609. The maximum absolute atomic E-state index is 10.5. The average Bonchev–Trinajstić information content (AvgIpc) is 2.10. The highest BCUT2D eigenvalue weighted by atomic mass is 35.5. The molecule has 1 nitrogen and oxygen atoms in total. The standard InChI is InChI=1S/C10H9ClO/c1-2-8(7-12)9-5-3-4-6-10(9)11/h3-6H,2H2,1H3. The molecule has 0 aliphatic rings.